The molecule has 1 aromatic heterocycles. The van der Waals surface area contributed by atoms with Crippen LogP contribution in [0.25, 0.3) is 10.9 Å². The molecule has 0 radical (unpaired) electrons. The quantitative estimate of drug-likeness (QED) is 0.782. The van der Waals surface area contributed by atoms with Crippen LogP contribution in [0.5, 0.6) is 0 Å². The van der Waals surface area contributed by atoms with Gasteiger partial charge in [-0.1, -0.05) is 32.0 Å². The Hall–Kier alpha value is -2.30. The van der Waals surface area contributed by atoms with E-state index in [1.807, 2.05) is 38.1 Å². The summed E-state index contributed by atoms with van der Waals surface area (Å²) in [6, 6.07) is 9.35. The van der Waals surface area contributed by atoms with E-state index in [0.29, 0.717) is 5.69 Å². The van der Waals surface area contributed by atoms with Gasteiger partial charge in [-0.3, -0.25) is 9.59 Å². The average molecular weight is 274 g/mol. The number of nitrogens with one attached hydrogen (secondary N) is 2. The van der Waals surface area contributed by atoms with E-state index in [4.69, 9.17) is 5.11 Å². The number of carbonyl (C=O) groups excluding carboxylic acids is 1. The van der Waals surface area contributed by atoms with E-state index in [1.165, 1.54) is 0 Å². The molecule has 2 aromatic rings. The van der Waals surface area contributed by atoms with Gasteiger partial charge in [-0.05, 0) is 18.1 Å². The molecule has 0 aliphatic carbocycles. The molecular formula is C15H18N2O3. The molecule has 1 amide bonds. The summed E-state index contributed by atoms with van der Waals surface area (Å²) in [4.78, 5) is 26.1. The van der Waals surface area contributed by atoms with Gasteiger partial charge in [0.05, 0.1) is 5.92 Å². The molecule has 1 heterocycles. The van der Waals surface area contributed by atoms with Crippen LogP contribution < -0.4 is 5.32 Å². The van der Waals surface area contributed by atoms with Gasteiger partial charge in [0, 0.05) is 17.4 Å². The molecule has 0 aliphatic heterocycles. The van der Waals surface area contributed by atoms with E-state index in [9.17, 15) is 9.59 Å². The predicted octanol–water partition coefficient (Wildman–Crippen LogP) is 2.25. The highest BCUT2D eigenvalue weighted by molar-refractivity contribution is 5.98. The molecule has 20 heavy (non-hydrogen) atoms. The first-order chi connectivity index (χ1) is 9.49. The number of carboxylic acids is 1. The number of hydrogen-bond acceptors (Lipinski definition) is 2. The summed E-state index contributed by atoms with van der Waals surface area (Å²) in [5, 5.41) is 12.7. The number of rotatable bonds is 5. The second-order valence-electron chi connectivity index (χ2n) is 5.17. The van der Waals surface area contributed by atoms with Crippen LogP contribution in [-0.4, -0.2) is 28.5 Å². The van der Waals surface area contributed by atoms with E-state index in [0.717, 1.165) is 10.9 Å². The minimum absolute atomic E-state index is 0.0319. The Morgan fingerprint density at radius 1 is 1.30 bits per heavy atom. The first-order valence-corrected chi connectivity index (χ1v) is 6.58. The van der Waals surface area contributed by atoms with Crippen molar-refractivity contribution in [2.24, 2.45) is 11.8 Å². The van der Waals surface area contributed by atoms with Gasteiger partial charge < -0.3 is 15.4 Å². The lowest BCUT2D eigenvalue weighted by molar-refractivity contribution is -0.142. The molecule has 2 rings (SSSR count). The molecule has 5 nitrogen and oxygen atoms in total. The van der Waals surface area contributed by atoms with E-state index in [2.05, 4.69) is 10.3 Å². The Bertz CT molecular complexity index is 598. The Morgan fingerprint density at radius 2 is 2.00 bits per heavy atom. The number of hydrogen-bond donors (Lipinski definition) is 3. The molecule has 1 atom stereocenters. The van der Waals surface area contributed by atoms with Crippen LogP contribution in [0.3, 0.4) is 0 Å². The monoisotopic (exact) mass is 274 g/mol. The molecule has 0 aliphatic rings. The van der Waals surface area contributed by atoms with Crippen molar-refractivity contribution in [1.29, 1.82) is 0 Å². The molecule has 0 bridgehead atoms. The first kappa shape index (κ1) is 14.1. The Balaban J connectivity index is 2.06. The van der Waals surface area contributed by atoms with Crippen molar-refractivity contribution in [2.75, 3.05) is 6.54 Å². The minimum Gasteiger partial charge on any atom is -0.481 e. The number of benzene rings is 1. The van der Waals surface area contributed by atoms with E-state index >= 15 is 0 Å². The van der Waals surface area contributed by atoms with Gasteiger partial charge in [0.2, 0.25) is 0 Å². The second kappa shape index (κ2) is 5.77. The Morgan fingerprint density at radius 3 is 2.60 bits per heavy atom. The molecule has 0 saturated heterocycles. The van der Waals surface area contributed by atoms with Gasteiger partial charge in [0.25, 0.3) is 5.91 Å². The molecule has 5 heteroatoms. The summed E-state index contributed by atoms with van der Waals surface area (Å²) in [5.41, 5.74) is 1.33. The highest BCUT2D eigenvalue weighted by Gasteiger charge is 2.22. The first-order valence-electron chi connectivity index (χ1n) is 6.58. The predicted molar refractivity (Wildman–Crippen MR) is 76.6 cm³/mol. The van der Waals surface area contributed by atoms with Crippen molar-refractivity contribution in [2.45, 2.75) is 13.8 Å². The number of carboxylic acid groups (broad SMARTS) is 1. The third-order valence-electron chi connectivity index (χ3n) is 3.38. The number of amides is 1. The third kappa shape index (κ3) is 2.99. The Kier molecular flexibility index (Phi) is 4.08. The smallest absolute Gasteiger partial charge is 0.308 e. The van der Waals surface area contributed by atoms with Gasteiger partial charge in [0.15, 0.2) is 0 Å². The number of aromatic nitrogens is 1. The van der Waals surface area contributed by atoms with E-state index in [-0.39, 0.29) is 18.4 Å². The zero-order valence-corrected chi connectivity index (χ0v) is 11.5. The van der Waals surface area contributed by atoms with Gasteiger partial charge >= 0.3 is 5.97 Å². The third-order valence-corrected chi connectivity index (χ3v) is 3.38. The molecule has 0 saturated carbocycles. The topological polar surface area (TPSA) is 82.2 Å². The van der Waals surface area contributed by atoms with Crippen molar-refractivity contribution in [3.8, 4) is 0 Å². The molecule has 3 N–H and O–H groups in total. The van der Waals surface area contributed by atoms with Crippen LogP contribution >= 0.6 is 0 Å². The number of carbonyl (C=O) groups is 2. The normalized spacial score (nSPS) is 12.6. The van der Waals surface area contributed by atoms with Crippen LogP contribution in [0, 0.1) is 11.8 Å². The fraction of sp³-hybridized carbons (Fsp3) is 0.333. The van der Waals surface area contributed by atoms with Crippen LogP contribution in [0.4, 0.5) is 0 Å². The summed E-state index contributed by atoms with van der Waals surface area (Å²) >= 11 is 0. The van der Waals surface area contributed by atoms with Crippen molar-refractivity contribution in [3.05, 3.63) is 36.0 Å². The lowest BCUT2D eigenvalue weighted by Crippen LogP contribution is -2.35. The minimum atomic E-state index is -0.892. The van der Waals surface area contributed by atoms with E-state index in [1.54, 1.807) is 6.07 Å². The molecular weight excluding hydrogens is 256 g/mol. The summed E-state index contributed by atoms with van der Waals surface area (Å²) < 4.78 is 0. The van der Waals surface area contributed by atoms with E-state index < -0.39 is 11.9 Å². The fourth-order valence-corrected chi connectivity index (χ4v) is 2.10. The standard InChI is InChI=1S/C15H18N2O3/c1-9(2)11(15(19)20)8-16-14(18)13-7-10-5-3-4-6-12(10)17-13/h3-7,9,11,17H,8H2,1-2H3,(H,16,18)(H,19,20). The SMILES string of the molecule is CC(C)C(CNC(=O)c1cc2ccccc2[nH]1)C(=O)O. The maximum absolute atomic E-state index is 12.0. The number of aromatic amines is 1. The van der Waals surface area contributed by atoms with Crippen LogP contribution in [-0.2, 0) is 4.79 Å². The maximum Gasteiger partial charge on any atom is 0.308 e. The van der Waals surface area contributed by atoms with Gasteiger partial charge in [-0.25, -0.2) is 0 Å². The van der Waals surface area contributed by atoms with Crippen molar-refractivity contribution in [1.82, 2.24) is 10.3 Å². The molecule has 0 fully saturated rings. The molecule has 0 spiro atoms. The molecule has 1 unspecified atom stereocenters. The zero-order valence-electron chi connectivity index (χ0n) is 11.5. The van der Waals surface area contributed by atoms with Crippen LogP contribution in [0.2, 0.25) is 0 Å². The highest BCUT2D eigenvalue weighted by atomic mass is 16.4. The largest absolute Gasteiger partial charge is 0.481 e. The second-order valence-corrected chi connectivity index (χ2v) is 5.17. The van der Waals surface area contributed by atoms with Gasteiger partial charge in [0.1, 0.15) is 5.69 Å². The van der Waals surface area contributed by atoms with Crippen LogP contribution in [0.1, 0.15) is 24.3 Å². The van der Waals surface area contributed by atoms with Crippen molar-refractivity contribution < 1.29 is 14.7 Å². The zero-order chi connectivity index (χ0) is 14.7. The highest BCUT2D eigenvalue weighted by Crippen LogP contribution is 2.15. The van der Waals surface area contributed by atoms with Crippen molar-refractivity contribution >= 4 is 22.8 Å². The molecule has 1 aromatic carbocycles. The summed E-state index contributed by atoms with van der Waals surface area (Å²) in [7, 11) is 0. The summed E-state index contributed by atoms with van der Waals surface area (Å²) in [6.45, 7) is 3.78. The Labute approximate surface area is 117 Å². The lowest BCUT2D eigenvalue weighted by Gasteiger charge is -2.16. The maximum atomic E-state index is 12.0. The van der Waals surface area contributed by atoms with Gasteiger partial charge in [-0.15, -0.1) is 0 Å². The number of aliphatic carboxylic acids is 1. The summed E-state index contributed by atoms with van der Waals surface area (Å²) in [6.07, 6.45) is 0. The van der Waals surface area contributed by atoms with Crippen molar-refractivity contribution in [3.63, 3.8) is 0 Å². The molecule has 106 valence electrons. The summed E-state index contributed by atoms with van der Waals surface area (Å²) in [5.74, 6) is -1.79. The fourth-order valence-electron chi connectivity index (χ4n) is 2.10. The number of H-pyrrole nitrogens is 1. The van der Waals surface area contributed by atoms with Crippen LogP contribution in [0.15, 0.2) is 30.3 Å². The number of fused-ring (bicyclic) bond motifs is 1. The average Bonchev–Trinajstić information content (AvgIpc) is 2.81. The van der Waals surface area contributed by atoms with Gasteiger partial charge in [-0.2, -0.15) is 0 Å². The number of para-hydroxylation sites is 1. The lowest BCUT2D eigenvalue weighted by atomic mass is 9.96.